The molecule has 0 bridgehead atoms. The summed E-state index contributed by atoms with van der Waals surface area (Å²) in [4.78, 5) is 10.2. The van der Waals surface area contributed by atoms with Crippen molar-refractivity contribution in [2.24, 2.45) is 0 Å². The van der Waals surface area contributed by atoms with Gasteiger partial charge in [0.2, 0.25) is 0 Å². The lowest BCUT2D eigenvalue weighted by Gasteiger charge is -2.16. The Labute approximate surface area is 81.9 Å². The number of rotatable bonds is 1. The molecule has 0 aromatic heterocycles. The minimum atomic E-state index is -0.412. The van der Waals surface area contributed by atoms with E-state index in [9.17, 15) is 10.1 Å². The monoisotopic (exact) mass is 192 g/mol. The maximum absolute atomic E-state index is 10.6. The van der Waals surface area contributed by atoms with Gasteiger partial charge in [0.1, 0.15) is 5.69 Å². The summed E-state index contributed by atoms with van der Waals surface area (Å²) in [6, 6.07) is 3.35. The zero-order valence-corrected chi connectivity index (χ0v) is 7.82. The molecule has 2 rings (SSSR count). The van der Waals surface area contributed by atoms with Gasteiger partial charge in [-0.25, -0.2) is 0 Å². The lowest BCUT2D eigenvalue weighted by molar-refractivity contribution is -0.384. The SMILES string of the molecule is Nc1c([N+](=O)[O-])ccc2c1CCCC2. The quantitative estimate of drug-likeness (QED) is 0.420. The number of nitro groups is 1. The molecule has 0 radical (unpaired) electrons. The molecule has 0 saturated carbocycles. The van der Waals surface area contributed by atoms with Crippen molar-refractivity contribution in [1.29, 1.82) is 0 Å². The molecule has 0 heterocycles. The van der Waals surface area contributed by atoms with E-state index in [0.29, 0.717) is 5.69 Å². The van der Waals surface area contributed by atoms with Crippen LogP contribution in [0, 0.1) is 10.1 Å². The zero-order chi connectivity index (χ0) is 10.1. The highest BCUT2D eigenvalue weighted by atomic mass is 16.6. The van der Waals surface area contributed by atoms with E-state index in [1.807, 2.05) is 6.07 Å². The predicted molar refractivity (Wildman–Crippen MR) is 54.2 cm³/mol. The smallest absolute Gasteiger partial charge is 0.292 e. The van der Waals surface area contributed by atoms with Crippen molar-refractivity contribution in [3.63, 3.8) is 0 Å². The Morgan fingerprint density at radius 2 is 2.00 bits per heavy atom. The second-order valence-corrected chi connectivity index (χ2v) is 3.60. The van der Waals surface area contributed by atoms with Crippen LogP contribution in [-0.2, 0) is 12.8 Å². The molecule has 0 saturated heterocycles. The minimum absolute atomic E-state index is 0.0469. The Balaban J connectivity index is 2.54. The molecule has 0 spiro atoms. The molecule has 0 amide bonds. The van der Waals surface area contributed by atoms with Crippen molar-refractivity contribution < 1.29 is 4.92 Å². The van der Waals surface area contributed by atoms with Crippen LogP contribution in [0.15, 0.2) is 12.1 Å². The molecule has 14 heavy (non-hydrogen) atoms. The van der Waals surface area contributed by atoms with E-state index in [4.69, 9.17) is 5.73 Å². The van der Waals surface area contributed by atoms with E-state index < -0.39 is 4.92 Å². The molecule has 0 fully saturated rings. The Hall–Kier alpha value is -1.58. The number of hydrogen-bond donors (Lipinski definition) is 1. The number of benzene rings is 1. The van der Waals surface area contributed by atoms with Crippen molar-refractivity contribution in [3.05, 3.63) is 33.4 Å². The minimum Gasteiger partial charge on any atom is -0.393 e. The highest BCUT2D eigenvalue weighted by molar-refractivity contribution is 5.65. The van der Waals surface area contributed by atoms with E-state index in [0.717, 1.165) is 31.2 Å². The number of hydrogen-bond acceptors (Lipinski definition) is 3. The third-order valence-electron chi connectivity index (χ3n) is 2.75. The number of fused-ring (bicyclic) bond motifs is 1. The second-order valence-electron chi connectivity index (χ2n) is 3.60. The van der Waals surface area contributed by atoms with Gasteiger partial charge in [0.15, 0.2) is 0 Å². The van der Waals surface area contributed by atoms with E-state index >= 15 is 0 Å². The molecule has 74 valence electrons. The van der Waals surface area contributed by atoms with Crippen LogP contribution >= 0.6 is 0 Å². The van der Waals surface area contributed by atoms with Gasteiger partial charge in [-0.05, 0) is 36.8 Å². The highest BCUT2D eigenvalue weighted by Gasteiger charge is 2.19. The lowest BCUT2D eigenvalue weighted by atomic mass is 9.90. The topological polar surface area (TPSA) is 69.2 Å². The fourth-order valence-corrected chi connectivity index (χ4v) is 2.00. The van der Waals surface area contributed by atoms with Crippen molar-refractivity contribution >= 4 is 11.4 Å². The fraction of sp³-hybridized carbons (Fsp3) is 0.400. The lowest BCUT2D eigenvalue weighted by Crippen LogP contribution is -2.08. The average Bonchev–Trinajstić information content (AvgIpc) is 2.18. The van der Waals surface area contributed by atoms with E-state index in [1.54, 1.807) is 0 Å². The zero-order valence-electron chi connectivity index (χ0n) is 7.82. The summed E-state index contributed by atoms with van der Waals surface area (Å²) < 4.78 is 0. The van der Waals surface area contributed by atoms with Crippen LogP contribution in [0.1, 0.15) is 24.0 Å². The fourth-order valence-electron chi connectivity index (χ4n) is 2.00. The predicted octanol–water partition coefficient (Wildman–Crippen LogP) is 2.06. The number of nitrogens with zero attached hydrogens (tertiary/aromatic N) is 1. The van der Waals surface area contributed by atoms with Gasteiger partial charge in [-0.15, -0.1) is 0 Å². The first-order valence-corrected chi connectivity index (χ1v) is 4.75. The normalized spacial score (nSPS) is 14.9. The van der Waals surface area contributed by atoms with Crippen LogP contribution < -0.4 is 5.73 Å². The summed E-state index contributed by atoms with van der Waals surface area (Å²) in [5.74, 6) is 0. The van der Waals surface area contributed by atoms with Gasteiger partial charge >= 0.3 is 0 Å². The Morgan fingerprint density at radius 3 is 2.71 bits per heavy atom. The third-order valence-corrected chi connectivity index (χ3v) is 2.75. The molecule has 1 aliphatic rings. The molecule has 4 nitrogen and oxygen atoms in total. The van der Waals surface area contributed by atoms with Gasteiger partial charge in [0.05, 0.1) is 4.92 Å². The average molecular weight is 192 g/mol. The van der Waals surface area contributed by atoms with Gasteiger partial charge in [-0.3, -0.25) is 10.1 Å². The molecule has 1 aromatic rings. The van der Waals surface area contributed by atoms with Crippen molar-refractivity contribution in [2.45, 2.75) is 25.7 Å². The largest absolute Gasteiger partial charge is 0.393 e. The Bertz CT molecular complexity index is 388. The van der Waals surface area contributed by atoms with Crippen LogP contribution in [0.4, 0.5) is 11.4 Å². The summed E-state index contributed by atoms with van der Waals surface area (Å²) in [6.07, 6.45) is 4.11. The van der Waals surface area contributed by atoms with E-state index in [1.165, 1.54) is 11.6 Å². The van der Waals surface area contributed by atoms with Gasteiger partial charge in [0.25, 0.3) is 5.69 Å². The molecular formula is C10H12N2O2. The summed E-state index contributed by atoms with van der Waals surface area (Å²) in [5.41, 5.74) is 8.35. The standard InChI is InChI=1S/C10H12N2O2/c11-10-8-4-2-1-3-7(8)5-6-9(10)12(13)14/h5-6H,1-4,11H2. The number of nitro benzene ring substituents is 1. The second kappa shape index (κ2) is 3.29. The molecular weight excluding hydrogens is 180 g/mol. The molecule has 0 unspecified atom stereocenters. The summed E-state index contributed by atoms with van der Waals surface area (Å²) >= 11 is 0. The summed E-state index contributed by atoms with van der Waals surface area (Å²) in [7, 11) is 0. The van der Waals surface area contributed by atoms with Crippen LogP contribution in [0.5, 0.6) is 0 Å². The maximum atomic E-state index is 10.6. The first-order chi connectivity index (χ1) is 6.70. The Morgan fingerprint density at radius 1 is 1.29 bits per heavy atom. The van der Waals surface area contributed by atoms with Crippen LogP contribution in [-0.4, -0.2) is 4.92 Å². The number of nitrogens with two attached hydrogens (primary N) is 1. The first kappa shape index (κ1) is 8.99. The molecule has 0 aliphatic heterocycles. The summed E-state index contributed by atoms with van der Waals surface area (Å²) in [6.45, 7) is 0. The molecule has 0 atom stereocenters. The van der Waals surface area contributed by atoms with Gasteiger partial charge in [-0.1, -0.05) is 6.07 Å². The van der Waals surface area contributed by atoms with Crippen LogP contribution in [0.25, 0.3) is 0 Å². The van der Waals surface area contributed by atoms with Gasteiger partial charge in [0, 0.05) is 6.07 Å². The molecule has 1 aromatic carbocycles. The number of anilines is 1. The van der Waals surface area contributed by atoms with Crippen LogP contribution in [0.3, 0.4) is 0 Å². The highest BCUT2D eigenvalue weighted by Crippen LogP contribution is 2.32. The van der Waals surface area contributed by atoms with Crippen molar-refractivity contribution in [2.75, 3.05) is 5.73 Å². The number of nitrogen functional groups attached to an aromatic ring is 1. The molecule has 4 heteroatoms. The summed E-state index contributed by atoms with van der Waals surface area (Å²) in [5, 5.41) is 10.6. The van der Waals surface area contributed by atoms with Gasteiger partial charge < -0.3 is 5.73 Å². The van der Waals surface area contributed by atoms with E-state index in [2.05, 4.69) is 0 Å². The molecule has 2 N–H and O–H groups in total. The van der Waals surface area contributed by atoms with Crippen molar-refractivity contribution in [1.82, 2.24) is 0 Å². The van der Waals surface area contributed by atoms with E-state index in [-0.39, 0.29) is 5.69 Å². The first-order valence-electron chi connectivity index (χ1n) is 4.75. The third kappa shape index (κ3) is 1.32. The maximum Gasteiger partial charge on any atom is 0.292 e. The van der Waals surface area contributed by atoms with Crippen LogP contribution in [0.2, 0.25) is 0 Å². The van der Waals surface area contributed by atoms with Gasteiger partial charge in [-0.2, -0.15) is 0 Å². The molecule has 1 aliphatic carbocycles. The Kier molecular flexibility index (Phi) is 2.11. The number of aryl methyl sites for hydroxylation is 1. The van der Waals surface area contributed by atoms with Crippen molar-refractivity contribution in [3.8, 4) is 0 Å².